The minimum absolute atomic E-state index is 0.00809. The van der Waals surface area contributed by atoms with E-state index < -0.39 is 0 Å². The van der Waals surface area contributed by atoms with Crippen LogP contribution in [0.2, 0.25) is 0 Å². The first-order valence-corrected chi connectivity index (χ1v) is 7.09. The van der Waals surface area contributed by atoms with Gasteiger partial charge >= 0.3 is 0 Å². The van der Waals surface area contributed by atoms with Crippen molar-refractivity contribution < 1.29 is 9.59 Å². The van der Waals surface area contributed by atoms with E-state index in [1.165, 1.54) is 0 Å². The molecule has 110 valence electrons. The Morgan fingerprint density at radius 1 is 1.32 bits per heavy atom. The number of hydrogen-bond acceptors (Lipinski definition) is 3. The standard InChI is InChI=1S/C14H27N3O2/c1-5-14(7-6-8-15-10-14)12(19)16-9-11(18)17-13(2,3)4/h15H,5-10H2,1-4H3,(H,16,19)(H,17,18). The lowest BCUT2D eigenvalue weighted by atomic mass is 9.77. The van der Waals surface area contributed by atoms with E-state index in [9.17, 15) is 9.59 Å². The molecule has 5 heteroatoms. The lowest BCUT2D eigenvalue weighted by molar-refractivity contribution is -0.134. The van der Waals surface area contributed by atoms with Crippen LogP contribution in [0.4, 0.5) is 0 Å². The molecule has 0 aromatic heterocycles. The Bertz CT molecular complexity index is 328. The first kappa shape index (κ1) is 16.0. The highest BCUT2D eigenvalue weighted by Gasteiger charge is 2.37. The van der Waals surface area contributed by atoms with E-state index in [1.54, 1.807) is 0 Å². The molecule has 0 saturated carbocycles. The molecule has 0 aliphatic carbocycles. The molecule has 0 bridgehead atoms. The number of nitrogens with one attached hydrogen (secondary N) is 3. The summed E-state index contributed by atoms with van der Waals surface area (Å²) in [5.41, 5.74) is -0.614. The van der Waals surface area contributed by atoms with Crippen LogP contribution in [0.25, 0.3) is 0 Å². The molecule has 0 aromatic carbocycles. The van der Waals surface area contributed by atoms with E-state index >= 15 is 0 Å². The van der Waals surface area contributed by atoms with Crippen LogP contribution in [-0.4, -0.2) is 37.0 Å². The van der Waals surface area contributed by atoms with E-state index in [0.717, 1.165) is 25.8 Å². The van der Waals surface area contributed by atoms with Crippen molar-refractivity contribution in [1.82, 2.24) is 16.0 Å². The van der Waals surface area contributed by atoms with Crippen molar-refractivity contribution >= 4 is 11.8 Å². The third-order valence-electron chi connectivity index (χ3n) is 3.55. The molecule has 5 nitrogen and oxygen atoms in total. The summed E-state index contributed by atoms with van der Waals surface area (Å²) in [4.78, 5) is 24.0. The van der Waals surface area contributed by atoms with Gasteiger partial charge in [0.15, 0.2) is 0 Å². The smallest absolute Gasteiger partial charge is 0.239 e. The minimum atomic E-state index is -0.347. The quantitative estimate of drug-likeness (QED) is 0.707. The van der Waals surface area contributed by atoms with Crippen LogP contribution in [0.1, 0.15) is 47.0 Å². The van der Waals surface area contributed by atoms with Gasteiger partial charge in [0.05, 0.1) is 12.0 Å². The highest BCUT2D eigenvalue weighted by Crippen LogP contribution is 2.30. The second-order valence-electron chi connectivity index (χ2n) is 6.40. The predicted octanol–water partition coefficient (Wildman–Crippen LogP) is 0.797. The summed E-state index contributed by atoms with van der Waals surface area (Å²) in [7, 11) is 0. The molecule has 1 atom stereocenters. The molecule has 1 saturated heterocycles. The SMILES string of the molecule is CCC1(C(=O)NCC(=O)NC(C)(C)C)CCCNC1. The molecule has 0 radical (unpaired) electrons. The molecule has 1 heterocycles. The molecule has 1 aliphatic heterocycles. The average Bonchev–Trinajstić information content (AvgIpc) is 2.34. The Morgan fingerprint density at radius 2 is 2.00 bits per heavy atom. The molecule has 1 rings (SSSR count). The summed E-state index contributed by atoms with van der Waals surface area (Å²) in [5.74, 6) is -0.151. The summed E-state index contributed by atoms with van der Waals surface area (Å²) in [5, 5.41) is 8.89. The van der Waals surface area contributed by atoms with E-state index in [-0.39, 0.29) is 29.3 Å². The van der Waals surface area contributed by atoms with Crippen molar-refractivity contribution in [3.8, 4) is 0 Å². The highest BCUT2D eigenvalue weighted by atomic mass is 16.2. The number of carbonyl (C=O) groups is 2. The van der Waals surface area contributed by atoms with Gasteiger partial charge in [-0.15, -0.1) is 0 Å². The average molecular weight is 269 g/mol. The Morgan fingerprint density at radius 3 is 2.47 bits per heavy atom. The largest absolute Gasteiger partial charge is 0.350 e. The number of hydrogen-bond donors (Lipinski definition) is 3. The van der Waals surface area contributed by atoms with Crippen molar-refractivity contribution in [3.05, 3.63) is 0 Å². The van der Waals surface area contributed by atoms with Gasteiger partial charge in [0.2, 0.25) is 11.8 Å². The fourth-order valence-corrected chi connectivity index (χ4v) is 2.43. The van der Waals surface area contributed by atoms with Gasteiger partial charge in [0, 0.05) is 12.1 Å². The molecule has 19 heavy (non-hydrogen) atoms. The first-order chi connectivity index (χ1) is 8.79. The maximum Gasteiger partial charge on any atom is 0.239 e. The number of amides is 2. The molecule has 3 N–H and O–H groups in total. The van der Waals surface area contributed by atoms with Crippen LogP contribution in [0.15, 0.2) is 0 Å². The van der Waals surface area contributed by atoms with Crippen molar-refractivity contribution in [2.75, 3.05) is 19.6 Å². The summed E-state index contributed by atoms with van der Waals surface area (Å²) >= 11 is 0. The Hall–Kier alpha value is -1.10. The molecule has 1 aliphatic rings. The third-order valence-corrected chi connectivity index (χ3v) is 3.55. The molecule has 0 aromatic rings. The maximum absolute atomic E-state index is 12.3. The van der Waals surface area contributed by atoms with Crippen LogP contribution in [-0.2, 0) is 9.59 Å². The van der Waals surface area contributed by atoms with Crippen LogP contribution >= 0.6 is 0 Å². The molecular weight excluding hydrogens is 242 g/mol. The summed E-state index contributed by atoms with van der Waals surface area (Å²) in [6.45, 7) is 9.53. The zero-order valence-corrected chi connectivity index (χ0v) is 12.6. The monoisotopic (exact) mass is 269 g/mol. The number of piperidine rings is 1. The summed E-state index contributed by atoms with van der Waals surface area (Å²) < 4.78 is 0. The van der Waals surface area contributed by atoms with Crippen molar-refractivity contribution in [1.29, 1.82) is 0 Å². The van der Waals surface area contributed by atoms with Gasteiger partial charge in [-0.1, -0.05) is 6.92 Å². The zero-order chi connectivity index (χ0) is 14.5. The summed E-state index contributed by atoms with van der Waals surface area (Å²) in [6, 6.07) is 0. The van der Waals surface area contributed by atoms with Crippen LogP contribution in [0, 0.1) is 5.41 Å². The Labute approximate surface area is 115 Å². The molecule has 0 spiro atoms. The third kappa shape index (κ3) is 4.82. The summed E-state index contributed by atoms with van der Waals surface area (Å²) in [6.07, 6.45) is 2.70. The first-order valence-electron chi connectivity index (χ1n) is 7.09. The van der Waals surface area contributed by atoms with E-state index in [0.29, 0.717) is 6.54 Å². The molecular formula is C14H27N3O2. The topological polar surface area (TPSA) is 70.2 Å². The van der Waals surface area contributed by atoms with Gasteiger partial charge in [-0.05, 0) is 46.6 Å². The van der Waals surface area contributed by atoms with Gasteiger partial charge in [0.1, 0.15) is 0 Å². The van der Waals surface area contributed by atoms with Gasteiger partial charge in [-0.3, -0.25) is 9.59 Å². The minimum Gasteiger partial charge on any atom is -0.350 e. The van der Waals surface area contributed by atoms with Crippen molar-refractivity contribution in [2.24, 2.45) is 5.41 Å². The Balaban J connectivity index is 2.47. The normalized spacial score (nSPS) is 23.8. The number of carbonyl (C=O) groups excluding carboxylic acids is 2. The Kier molecular flexibility index (Phi) is 5.35. The highest BCUT2D eigenvalue weighted by molar-refractivity contribution is 5.88. The zero-order valence-electron chi connectivity index (χ0n) is 12.6. The molecule has 2 amide bonds. The molecule has 1 fully saturated rings. The van der Waals surface area contributed by atoms with Gasteiger partial charge in [-0.25, -0.2) is 0 Å². The van der Waals surface area contributed by atoms with Crippen LogP contribution < -0.4 is 16.0 Å². The lowest BCUT2D eigenvalue weighted by Crippen LogP contribution is -2.53. The lowest BCUT2D eigenvalue weighted by Gasteiger charge is -2.35. The second-order valence-corrected chi connectivity index (χ2v) is 6.40. The van der Waals surface area contributed by atoms with E-state index in [1.807, 2.05) is 27.7 Å². The second kappa shape index (κ2) is 6.37. The van der Waals surface area contributed by atoms with Gasteiger partial charge in [-0.2, -0.15) is 0 Å². The number of rotatable bonds is 4. The fraction of sp³-hybridized carbons (Fsp3) is 0.857. The van der Waals surface area contributed by atoms with Crippen LogP contribution in [0.3, 0.4) is 0 Å². The maximum atomic E-state index is 12.3. The van der Waals surface area contributed by atoms with E-state index in [4.69, 9.17) is 0 Å². The van der Waals surface area contributed by atoms with Crippen LogP contribution in [0.5, 0.6) is 0 Å². The fourth-order valence-electron chi connectivity index (χ4n) is 2.43. The van der Waals surface area contributed by atoms with E-state index in [2.05, 4.69) is 16.0 Å². The van der Waals surface area contributed by atoms with Crippen molar-refractivity contribution in [2.45, 2.75) is 52.5 Å². The van der Waals surface area contributed by atoms with Crippen molar-refractivity contribution in [3.63, 3.8) is 0 Å². The molecule has 1 unspecified atom stereocenters. The van der Waals surface area contributed by atoms with Gasteiger partial charge in [0.25, 0.3) is 0 Å². The van der Waals surface area contributed by atoms with Gasteiger partial charge < -0.3 is 16.0 Å². The predicted molar refractivity (Wildman–Crippen MR) is 75.7 cm³/mol.